The molecule has 8 heteroatoms. The van der Waals surface area contributed by atoms with Crippen molar-refractivity contribution < 1.29 is 36.3 Å². The molecule has 1 rings (SSSR count). The maximum atomic E-state index is 11.8. The van der Waals surface area contributed by atoms with E-state index >= 15 is 0 Å². The zero-order valence-electron chi connectivity index (χ0n) is 16.9. The van der Waals surface area contributed by atoms with Gasteiger partial charge in [0, 0.05) is 0 Å². The SMILES string of the molecule is CC(C)(C)[NH-].CC(C)(C)[NH-].CC(C)(C)[NH-].[F][Ge]([F])([F])[c-]1cccc1.[Hf+4]. The first kappa shape index (κ1) is 33.1. The van der Waals surface area contributed by atoms with E-state index < -0.39 is 19.1 Å². The molecular weight excluding hydrogens is 554 g/mol. The minimum Gasteiger partial charge on any atom is 4.00 e. The third-order valence-corrected chi connectivity index (χ3v) is 3.06. The molecule has 25 heavy (non-hydrogen) atoms. The summed E-state index contributed by atoms with van der Waals surface area (Å²) in [5.41, 5.74) is 20.1. The third-order valence-electron chi connectivity index (χ3n) is 0.990. The first-order chi connectivity index (χ1) is 10.1. The number of halogens is 3. The van der Waals surface area contributed by atoms with Crippen LogP contribution in [0, 0.1) is 0 Å². The Bertz CT molecular complexity index is 354. The summed E-state index contributed by atoms with van der Waals surface area (Å²) in [6.45, 7) is 16.7. The molecular formula is C17H34F3GeHfN3. The first-order valence-electron chi connectivity index (χ1n) is 7.64. The van der Waals surface area contributed by atoms with Crippen molar-refractivity contribution in [1.29, 1.82) is 0 Å². The normalized spacial score (nSPS) is 11.5. The van der Waals surface area contributed by atoms with Gasteiger partial charge in [0.2, 0.25) is 0 Å². The predicted molar refractivity (Wildman–Crippen MR) is 103 cm³/mol. The third kappa shape index (κ3) is 68.1. The standard InChI is InChI=1S/C5H4F3Ge.3C4H10N.Hf/c6-9(7,8)5-3-1-2-4-5;3*1-4(2,3)5;/h1-4H;3*5H,1-3H3;/q4*-1;+4. The van der Waals surface area contributed by atoms with Crippen LogP contribution in [0.3, 0.4) is 0 Å². The minimum atomic E-state index is -5.94. The van der Waals surface area contributed by atoms with E-state index in [4.69, 9.17) is 17.2 Å². The Morgan fingerprint density at radius 2 is 0.800 bits per heavy atom. The summed E-state index contributed by atoms with van der Waals surface area (Å²) in [4.78, 5) is 0. The zero-order chi connectivity index (χ0) is 20.4. The van der Waals surface area contributed by atoms with Gasteiger partial charge in [-0.1, -0.05) is 62.3 Å². The van der Waals surface area contributed by atoms with Gasteiger partial charge in [0.15, 0.2) is 0 Å². The minimum absolute atomic E-state index is 0. The number of hydrogen-bond acceptors (Lipinski definition) is 0. The van der Waals surface area contributed by atoms with Gasteiger partial charge in [-0.2, -0.15) is 0 Å². The molecule has 0 fully saturated rings. The van der Waals surface area contributed by atoms with Crippen LogP contribution in [0.5, 0.6) is 0 Å². The van der Waals surface area contributed by atoms with Crippen LogP contribution in [-0.2, 0) is 25.8 Å². The Kier molecular flexibility index (Phi) is 18.0. The van der Waals surface area contributed by atoms with Crippen molar-refractivity contribution in [1.82, 2.24) is 0 Å². The summed E-state index contributed by atoms with van der Waals surface area (Å²) >= 11 is -5.94. The molecule has 0 spiro atoms. The van der Waals surface area contributed by atoms with Gasteiger partial charge >= 0.3 is 79.7 Å². The molecule has 0 aliphatic heterocycles. The average molecular weight is 589 g/mol. The number of nitrogens with one attached hydrogen (secondary N) is 3. The van der Waals surface area contributed by atoms with Gasteiger partial charge < -0.3 is 17.2 Å². The summed E-state index contributed by atoms with van der Waals surface area (Å²) < 4.78 is 35.0. The van der Waals surface area contributed by atoms with Crippen LogP contribution in [0.15, 0.2) is 24.3 Å². The largest absolute Gasteiger partial charge is 4.00 e. The fourth-order valence-electron chi connectivity index (χ4n) is 0.563. The van der Waals surface area contributed by atoms with Crippen molar-refractivity contribution in [2.75, 3.05) is 0 Å². The second-order valence-corrected chi connectivity index (χ2v) is 11.7. The van der Waals surface area contributed by atoms with Gasteiger partial charge in [-0.25, -0.2) is 0 Å². The predicted octanol–water partition coefficient (Wildman–Crippen LogP) is 6.97. The summed E-state index contributed by atoms with van der Waals surface area (Å²) in [5.74, 6) is 0. The number of hydrogen-bond donors (Lipinski definition) is 0. The van der Waals surface area contributed by atoms with Crippen molar-refractivity contribution in [2.45, 2.75) is 78.9 Å². The van der Waals surface area contributed by atoms with E-state index in [2.05, 4.69) is 0 Å². The van der Waals surface area contributed by atoms with Crippen molar-refractivity contribution >= 4 is 19.1 Å². The first-order valence-corrected chi connectivity index (χ1v) is 11.1. The van der Waals surface area contributed by atoms with Crippen LogP contribution in [0.2, 0.25) is 0 Å². The molecule has 0 bridgehead atoms. The number of rotatable bonds is 1. The van der Waals surface area contributed by atoms with E-state index in [-0.39, 0.29) is 42.5 Å². The molecule has 3 nitrogen and oxygen atoms in total. The summed E-state index contributed by atoms with van der Waals surface area (Å²) in [7, 11) is 0. The van der Waals surface area contributed by atoms with Crippen LogP contribution < -0.4 is 4.40 Å². The maximum Gasteiger partial charge on any atom is 4.00 e. The Morgan fingerprint density at radius 1 is 0.640 bits per heavy atom. The fraction of sp³-hybridized carbons (Fsp3) is 0.706. The molecule has 0 atom stereocenters. The zero-order valence-corrected chi connectivity index (χ0v) is 22.6. The van der Waals surface area contributed by atoms with Gasteiger partial charge in [0.05, 0.1) is 0 Å². The maximum absolute atomic E-state index is 11.8. The Morgan fingerprint density at radius 3 is 0.880 bits per heavy atom. The summed E-state index contributed by atoms with van der Waals surface area (Å²) in [6.07, 6.45) is 0. The second-order valence-electron chi connectivity index (χ2n) is 8.42. The van der Waals surface area contributed by atoms with Crippen LogP contribution in [0.4, 0.5) is 10.5 Å². The molecule has 1 aromatic carbocycles. The van der Waals surface area contributed by atoms with E-state index in [1.54, 1.807) is 0 Å². The summed E-state index contributed by atoms with van der Waals surface area (Å²) in [6, 6.07) is 5.07. The van der Waals surface area contributed by atoms with Gasteiger partial charge in [-0.15, -0.1) is 16.6 Å². The Labute approximate surface area is 175 Å². The Hall–Kier alpha value is 0.433. The van der Waals surface area contributed by atoms with Gasteiger partial charge in [-0.3, -0.25) is 0 Å². The van der Waals surface area contributed by atoms with Crippen LogP contribution in [0.25, 0.3) is 17.2 Å². The molecule has 146 valence electrons. The molecule has 0 heterocycles. The van der Waals surface area contributed by atoms with Gasteiger partial charge in [-0.05, 0) is 0 Å². The van der Waals surface area contributed by atoms with E-state index in [0.29, 0.717) is 0 Å². The van der Waals surface area contributed by atoms with E-state index in [9.17, 15) is 10.5 Å². The summed E-state index contributed by atoms with van der Waals surface area (Å²) in [5, 5.41) is 0. The van der Waals surface area contributed by atoms with Crippen LogP contribution in [-0.4, -0.2) is 31.3 Å². The quantitative estimate of drug-likeness (QED) is 0.251. The molecule has 0 unspecified atom stereocenters. The molecule has 0 radical (unpaired) electrons. The van der Waals surface area contributed by atoms with Gasteiger partial charge in [0.25, 0.3) is 0 Å². The van der Waals surface area contributed by atoms with Crippen LogP contribution >= 0.6 is 0 Å². The molecule has 0 aliphatic rings. The van der Waals surface area contributed by atoms with Gasteiger partial charge in [0.1, 0.15) is 0 Å². The average Bonchev–Trinajstić information content (AvgIpc) is 2.58. The fourth-order valence-corrected chi connectivity index (χ4v) is 1.76. The van der Waals surface area contributed by atoms with Crippen molar-refractivity contribution in [3.05, 3.63) is 41.5 Å². The van der Waals surface area contributed by atoms with Crippen molar-refractivity contribution in [3.63, 3.8) is 0 Å². The Balaban J connectivity index is -0.000000122. The molecule has 1 aromatic rings. The molecule has 0 aliphatic carbocycles. The molecule has 0 amide bonds. The molecule has 0 aromatic heterocycles. The monoisotopic (exact) mass is 591 g/mol. The van der Waals surface area contributed by atoms with E-state index in [0.717, 1.165) is 12.1 Å². The smallest absolute Gasteiger partial charge is 4.00 e. The molecule has 0 saturated heterocycles. The van der Waals surface area contributed by atoms with Crippen molar-refractivity contribution in [2.24, 2.45) is 0 Å². The topological polar surface area (TPSA) is 71.4 Å². The molecule has 0 saturated carbocycles. The van der Waals surface area contributed by atoms with Crippen molar-refractivity contribution in [3.8, 4) is 0 Å². The van der Waals surface area contributed by atoms with E-state index in [1.165, 1.54) is 12.1 Å². The van der Waals surface area contributed by atoms with E-state index in [1.807, 2.05) is 62.3 Å². The second kappa shape index (κ2) is 13.6. The van der Waals surface area contributed by atoms with Crippen LogP contribution in [0.1, 0.15) is 62.3 Å². The molecule has 3 N–H and O–H groups in total.